The van der Waals surface area contributed by atoms with Crippen molar-refractivity contribution in [3.05, 3.63) is 92.6 Å². The largest absolute Gasteiger partial charge is 0.493 e. The molecule has 0 spiro atoms. The Morgan fingerprint density at radius 3 is 2.54 bits per heavy atom. The third-order valence-electron chi connectivity index (χ3n) is 5.68. The second kappa shape index (κ2) is 12.6. The predicted molar refractivity (Wildman–Crippen MR) is 153 cm³/mol. The number of rotatable bonds is 10. The Hall–Kier alpha value is -4.13. The fourth-order valence-corrected chi connectivity index (χ4v) is 4.47. The van der Waals surface area contributed by atoms with Gasteiger partial charge >= 0.3 is 5.91 Å². The molecule has 1 amide bonds. The molecule has 0 radical (unpaired) electrons. The zero-order valence-electron chi connectivity index (χ0n) is 21.5. The maximum Gasteiger partial charge on any atom is 0.307 e. The average molecular weight is 611 g/mol. The lowest BCUT2D eigenvalue weighted by molar-refractivity contribution is 0.0923. The molecule has 200 valence electrons. The molecule has 0 bridgehead atoms. The van der Waals surface area contributed by atoms with Crippen LogP contribution in [0.15, 0.2) is 68.6 Å². The standard InChI is InChI=1S/C29H25BrClN3O5/c1-5-14-37-28-25(36-4)15-20(26(30)27(28)31)16-32-33-29(35)24-13-12-23(39-24)17-38-22-10-8-21(9-11-22)34-18(2)6-7-19(34)3/h1,6-13,15-16H,14,17H2,2-4H3,(H,33,35)/b32-16+. The Morgan fingerprint density at radius 2 is 1.87 bits per heavy atom. The zero-order chi connectivity index (χ0) is 27.9. The van der Waals surface area contributed by atoms with E-state index in [-0.39, 0.29) is 24.0 Å². The molecule has 0 saturated heterocycles. The van der Waals surface area contributed by atoms with E-state index >= 15 is 0 Å². The first-order chi connectivity index (χ1) is 18.8. The van der Waals surface area contributed by atoms with Crippen LogP contribution in [0.1, 0.15) is 33.3 Å². The number of carbonyl (C=O) groups excluding carboxylic acids is 1. The quantitative estimate of drug-likeness (QED) is 0.126. The van der Waals surface area contributed by atoms with Crippen molar-refractivity contribution in [2.75, 3.05) is 13.7 Å². The summed E-state index contributed by atoms with van der Waals surface area (Å²) in [5.41, 5.74) is 6.35. The third kappa shape index (κ3) is 6.48. The maximum absolute atomic E-state index is 12.5. The highest BCUT2D eigenvalue weighted by molar-refractivity contribution is 9.10. The van der Waals surface area contributed by atoms with Crippen LogP contribution in [0.5, 0.6) is 17.2 Å². The highest BCUT2D eigenvalue weighted by atomic mass is 79.9. The van der Waals surface area contributed by atoms with Crippen molar-refractivity contribution in [1.29, 1.82) is 0 Å². The van der Waals surface area contributed by atoms with Gasteiger partial charge in [0.05, 0.1) is 13.3 Å². The molecule has 0 atom stereocenters. The van der Waals surface area contributed by atoms with E-state index in [0.717, 1.165) is 17.1 Å². The fraction of sp³-hybridized carbons (Fsp3) is 0.172. The SMILES string of the molecule is C#CCOc1c(OC)cc(/C=N/NC(=O)c2ccc(COc3ccc(-n4c(C)ccc4C)cc3)o2)c(Br)c1Cl. The number of hydrazone groups is 1. The van der Waals surface area contributed by atoms with E-state index in [1.54, 1.807) is 18.2 Å². The van der Waals surface area contributed by atoms with Crippen LogP contribution in [0.4, 0.5) is 0 Å². The van der Waals surface area contributed by atoms with E-state index in [0.29, 0.717) is 33.0 Å². The molecule has 39 heavy (non-hydrogen) atoms. The highest BCUT2D eigenvalue weighted by Crippen LogP contribution is 2.42. The number of hydrogen-bond acceptors (Lipinski definition) is 6. The van der Waals surface area contributed by atoms with E-state index in [4.69, 9.17) is 36.7 Å². The van der Waals surface area contributed by atoms with Gasteiger partial charge < -0.3 is 23.2 Å². The number of hydrogen-bond donors (Lipinski definition) is 1. The summed E-state index contributed by atoms with van der Waals surface area (Å²) in [4.78, 5) is 12.5. The van der Waals surface area contributed by atoms with Crippen LogP contribution in [0, 0.1) is 26.2 Å². The van der Waals surface area contributed by atoms with Gasteiger partial charge in [0.25, 0.3) is 0 Å². The fourth-order valence-electron chi connectivity index (χ4n) is 3.81. The first-order valence-electron chi connectivity index (χ1n) is 11.7. The minimum absolute atomic E-state index is 0.0300. The van der Waals surface area contributed by atoms with Crippen LogP contribution in [-0.4, -0.2) is 30.4 Å². The van der Waals surface area contributed by atoms with Gasteiger partial charge in [-0.05, 0) is 84.4 Å². The van der Waals surface area contributed by atoms with E-state index in [2.05, 4.69) is 62.9 Å². The first kappa shape index (κ1) is 27.9. The number of amides is 1. The summed E-state index contributed by atoms with van der Waals surface area (Å²) in [6.45, 7) is 4.32. The molecule has 4 rings (SSSR count). The Kier molecular flexibility index (Phi) is 9.02. The number of nitrogens with one attached hydrogen (secondary N) is 1. The van der Waals surface area contributed by atoms with Crippen molar-refractivity contribution in [3.63, 3.8) is 0 Å². The number of benzene rings is 2. The predicted octanol–water partition coefficient (Wildman–Crippen LogP) is 6.47. The Balaban J connectivity index is 1.35. The number of aryl methyl sites for hydroxylation is 2. The van der Waals surface area contributed by atoms with Gasteiger partial charge in [-0.1, -0.05) is 17.5 Å². The van der Waals surface area contributed by atoms with E-state index in [1.165, 1.54) is 13.3 Å². The van der Waals surface area contributed by atoms with Crippen LogP contribution in [-0.2, 0) is 6.61 Å². The third-order valence-corrected chi connectivity index (χ3v) is 7.12. The normalized spacial score (nSPS) is 10.9. The van der Waals surface area contributed by atoms with Crippen LogP contribution in [0.3, 0.4) is 0 Å². The minimum Gasteiger partial charge on any atom is -0.493 e. The summed E-state index contributed by atoms with van der Waals surface area (Å²) in [5, 5.41) is 4.26. The molecule has 0 aliphatic carbocycles. The number of halogens is 2. The van der Waals surface area contributed by atoms with Crippen molar-refractivity contribution in [2.45, 2.75) is 20.5 Å². The summed E-state index contributed by atoms with van der Waals surface area (Å²) in [5.74, 6) is 3.79. The number of furan rings is 1. The molecule has 1 N–H and O–H groups in total. The van der Waals surface area contributed by atoms with E-state index in [9.17, 15) is 4.79 Å². The van der Waals surface area contributed by atoms with Gasteiger partial charge in [-0.15, -0.1) is 6.42 Å². The summed E-state index contributed by atoms with van der Waals surface area (Å²) in [7, 11) is 1.48. The molecule has 0 aliphatic rings. The second-order valence-electron chi connectivity index (χ2n) is 8.32. The molecule has 2 aromatic heterocycles. The van der Waals surface area contributed by atoms with Gasteiger partial charge in [0.15, 0.2) is 17.3 Å². The van der Waals surface area contributed by atoms with Gasteiger partial charge in [-0.2, -0.15) is 5.10 Å². The smallest absolute Gasteiger partial charge is 0.307 e. The Bertz CT molecular complexity index is 1530. The van der Waals surface area contributed by atoms with Crippen molar-refractivity contribution in [2.24, 2.45) is 5.10 Å². The Morgan fingerprint density at radius 1 is 1.15 bits per heavy atom. The number of ether oxygens (including phenoxy) is 3. The van der Waals surface area contributed by atoms with Gasteiger partial charge in [0, 0.05) is 27.1 Å². The van der Waals surface area contributed by atoms with Crippen LogP contribution in [0.25, 0.3) is 5.69 Å². The first-order valence-corrected chi connectivity index (χ1v) is 12.9. The lowest BCUT2D eigenvalue weighted by Gasteiger charge is -2.13. The van der Waals surface area contributed by atoms with Crippen LogP contribution < -0.4 is 19.6 Å². The van der Waals surface area contributed by atoms with Crippen LogP contribution >= 0.6 is 27.5 Å². The summed E-state index contributed by atoms with van der Waals surface area (Å²) in [6, 6.07) is 16.8. The molecular weight excluding hydrogens is 586 g/mol. The maximum atomic E-state index is 12.5. The van der Waals surface area contributed by atoms with Gasteiger partial charge in [0.1, 0.15) is 29.7 Å². The molecule has 0 fully saturated rings. The lowest BCUT2D eigenvalue weighted by Crippen LogP contribution is -2.16. The molecule has 0 unspecified atom stereocenters. The van der Waals surface area contributed by atoms with Gasteiger partial charge in [0.2, 0.25) is 0 Å². The molecule has 0 saturated carbocycles. The van der Waals surface area contributed by atoms with Crippen molar-refractivity contribution >= 4 is 39.7 Å². The lowest BCUT2D eigenvalue weighted by atomic mass is 10.2. The highest BCUT2D eigenvalue weighted by Gasteiger charge is 2.17. The molecule has 2 heterocycles. The van der Waals surface area contributed by atoms with E-state index in [1.807, 2.05) is 24.3 Å². The van der Waals surface area contributed by atoms with Gasteiger partial charge in [-0.25, -0.2) is 5.43 Å². The molecule has 0 aliphatic heterocycles. The second-order valence-corrected chi connectivity index (χ2v) is 9.49. The number of carbonyl (C=O) groups is 1. The van der Waals surface area contributed by atoms with Crippen molar-refractivity contribution in [3.8, 4) is 35.3 Å². The summed E-state index contributed by atoms with van der Waals surface area (Å²) in [6.07, 6.45) is 6.67. The zero-order valence-corrected chi connectivity index (χ0v) is 23.8. The van der Waals surface area contributed by atoms with Crippen molar-refractivity contribution < 1.29 is 23.4 Å². The number of nitrogens with zero attached hydrogens (tertiary/aromatic N) is 2. The number of methoxy groups -OCH3 is 1. The molecular formula is C29H25BrClN3O5. The minimum atomic E-state index is -0.525. The topological polar surface area (TPSA) is 87.2 Å². The summed E-state index contributed by atoms with van der Waals surface area (Å²) < 4.78 is 24.9. The number of terminal acetylenes is 1. The Labute approximate surface area is 239 Å². The monoisotopic (exact) mass is 609 g/mol. The van der Waals surface area contributed by atoms with Crippen molar-refractivity contribution in [1.82, 2.24) is 9.99 Å². The molecule has 2 aromatic carbocycles. The van der Waals surface area contributed by atoms with E-state index < -0.39 is 5.91 Å². The molecule has 10 heteroatoms. The van der Waals surface area contributed by atoms with Gasteiger partial charge in [-0.3, -0.25) is 4.79 Å². The average Bonchev–Trinajstić information content (AvgIpc) is 3.55. The molecule has 8 nitrogen and oxygen atoms in total. The number of aromatic nitrogens is 1. The molecule has 4 aromatic rings. The van der Waals surface area contributed by atoms with Crippen LogP contribution in [0.2, 0.25) is 5.02 Å². The summed E-state index contributed by atoms with van der Waals surface area (Å²) >= 11 is 9.78.